The first-order valence-corrected chi connectivity index (χ1v) is 9.05. The van der Waals surface area contributed by atoms with E-state index in [4.69, 9.17) is 4.74 Å². The van der Waals surface area contributed by atoms with Gasteiger partial charge in [-0.3, -0.25) is 4.79 Å². The minimum atomic E-state index is -0.275. The molecule has 0 radical (unpaired) electrons. The summed E-state index contributed by atoms with van der Waals surface area (Å²) in [5.74, 6) is 0.287. The minimum Gasteiger partial charge on any atom is -0.426 e. The number of carbonyl (C=O) groups excluding carboxylic acids is 1. The van der Waals surface area contributed by atoms with Crippen molar-refractivity contribution in [3.63, 3.8) is 0 Å². The van der Waals surface area contributed by atoms with Crippen molar-refractivity contribution in [2.75, 3.05) is 5.32 Å². The van der Waals surface area contributed by atoms with Gasteiger partial charge in [0.05, 0.1) is 16.6 Å². The first-order chi connectivity index (χ1) is 12.8. The van der Waals surface area contributed by atoms with Gasteiger partial charge in [0, 0.05) is 5.69 Å². The van der Waals surface area contributed by atoms with Crippen molar-refractivity contribution in [3.05, 3.63) is 84.4 Å². The summed E-state index contributed by atoms with van der Waals surface area (Å²) >= 11 is 1.61. The van der Waals surface area contributed by atoms with Crippen LogP contribution in [0.1, 0.15) is 5.56 Å². The van der Waals surface area contributed by atoms with Crippen LogP contribution in [0.4, 0.5) is 10.8 Å². The number of hydrogen-bond donors (Lipinski definition) is 1. The van der Waals surface area contributed by atoms with Crippen molar-refractivity contribution in [2.45, 2.75) is 6.42 Å². The van der Waals surface area contributed by atoms with E-state index in [1.807, 2.05) is 60.7 Å². The summed E-state index contributed by atoms with van der Waals surface area (Å²) in [5.41, 5.74) is 2.82. The van der Waals surface area contributed by atoms with E-state index in [0.29, 0.717) is 5.75 Å². The molecule has 0 aliphatic rings. The molecule has 4 aromatic rings. The van der Waals surface area contributed by atoms with Crippen molar-refractivity contribution in [3.8, 4) is 5.75 Å². The Labute approximate surface area is 155 Å². The molecule has 4 nitrogen and oxygen atoms in total. The molecule has 128 valence electrons. The Morgan fingerprint density at radius 3 is 2.42 bits per heavy atom. The zero-order valence-electron chi connectivity index (χ0n) is 13.9. The lowest BCUT2D eigenvalue weighted by Gasteiger charge is -2.06. The predicted molar refractivity (Wildman–Crippen MR) is 105 cm³/mol. The van der Waals surface area contributed by atoms with Gasteiger partial charge >= 0.3 is 5.97 Å². The highest BCUT2D eigenvalue weighted by Gasteiger charge is 2.07. The summed E-state index contributed by atoms with van der Waals surface area (Å²) in [6, 6.07) is 24.9. The smallest absolute Gasteiger partial charge is 0.315 e. The molecule has 0 fully saturated rings. The lowest BCUT2D eigenvalue weighted by molar-refractivity contribution is -0.133. The van der Waals surface area contributed by atoms with Crippen LogP contribution in [0.15, 0.2) is 78.9 Å². The molecular weight excluding hydrogens is 344 g/mol. The average molecular weight is 360 g/mol. The highest BCUT2D eigenvalue weighted by molar-refractivity contribution is 7.22. The van der Waals surface area contributed by atoms with Gasteiger partial charge in [0.15, 0.2) is 5.13 Å². The Morgan fingerprint density at radius 1 is 0.923 bits per heavy atom. The standard InChI is InChI=1S/C21H16N2O2S/c24-20(25-17-6-2-1-3-7-17)14-15-10-12-16(13-11-15)22-21-23-18-8-4-5-9-19(18)26-21/h1-13H,14H2,(H,22,23). The number of ether oxygens (including phenoxy) is 1. The number of thiazole rings is 1. The Bertz CT molecular complexity index is 994. The van der Waals surface area contributed by atoms with E-state index in [9.17, 15) is 4.79 Å². The Kier molecular flexibility index (Phi) is 4.62. The van der Waals surface area contributed by atoms with E-state index in [0.717, 1.165) is 26.6 Å². The predicted octanol–water partition coefficient (Wildman–Crippen LogP) is 5.19. The Balaban J connectivity index is 1.39. The van der Waals surface area contributed by atoms with Gasteiger partial charge in [0.1, 0.15) is 5.75 Å². The zero-order valence-corrected chi connectivity index (χ0v) is 14.7. The quantitative estimate of drug-likeness (QED) is 0.393. The molecule has 0 aliphatic heterocycles. The monoisotopic (exact) mass is 360 g/mol. The van der Waals surface area contributed by atoms with Gasteiger partial charge < -0.3 is 10.1 Å². The first-order valence-electron chi connectivity index (χ1n) is 8.23. The molecule has 0 atom stereocenters. The fraction of sp³-hybridized carbons (Fsp3) is 0.0476. The minimum absolute atomic E-state index is 0.232. The third-order valence-corrected chi connectivity index (χ3v) is 4.77. The average Bonchev–Trinajstić information content (AvgIpc) is 3.06. The lowest BCUT2D eigenvalue weighted by Crippen LogP contribution is -2.11. The third kappa shape index (κ3) is 3.90. The van der Waals surface area contributed by atoms with Crippen LogP contribution in [0, 0.1) is 0 Å². The molecule has 1 aromatic heterocycles. The van der Waals surface area contributed by atoms with Crippen LogP contribution in [0.5, 0.6) is 5.75 Å². The molecule has 0 spiro atoms. The maximum Gasteiger partial charge on any atom is 0.315 e. The maximum absolute atomic E-state index is 12.0. The SMILES string of the molecule is O=C(Cc1ccc(Nc2nc3ccccc3s2)cc1)Oc1ccccc1. The van der Waals surface area contributed by atoms with Crippen LogP contribution in [-0.4, -0.2) is 11.0 Å². The van der Waals surface area contributed by atoms with E-state index in [1.54, 1.807) is 23.5 Å². The number of carbonyl (C=O) groups is 1. The van der Waals surface area contributed by atoms with Gasteiger partial charge in [-0.1, -0.05) is 53.8 Å². The molecule has 1 heterocycles. The molecule has 0 amide bonds. The normalized spacial score (nSPS) is 10.6. The van der Waals surface area contributed by atoms with E-state index < -0.39 is 0 Å². The molecule has 3 aromatic carbocycles. The van der Waals surface area contributed by atoms with Gasteiger partial charge in [-0.2, -0.15) is 0 Å². The van der Waals surface area contributed by atoms with Crippen molar-refractivity contribution in [1.82, 2.24) is 4.98 Å². The van der Waals surface area contributed by atoms with E-state index in [-0.39, 0.29) is 12.4 Å². The Hall–Kier alpha value is -3.18. The molecule has 0 bridgehead atoms. The van der Waals surface area contributed by atoms with Crippen LogP contribution in [0.25, 0.3) is 10.2 Å². The largest absolute Gasteiger partial charge is 0.426 e. The number of aromatic nitrogens is 1. The number of benzene rings is 3. The molecule has 0 unspecified atom stereocenters. The van der Waals surface area contributed by atoms with Crippen molar-refractivity contribution >= 4 is 38.3 Å². The van der Waals surface area contributed by atoms with Crippen LogP contribution in [-0.2, 0) is 11.2 Å². The second kappa shape index (κ2) is 7.37. The summed E-state index contributed by atoms with van der Waals surface area (Å²) in [7, 11) is 0. The van der Waals surface area contributed by atoms with Crippen LogP contribution in [0.2, 0.25) is 0 Å². The van der Waals surface area contributed by atoms with E-state index in [2.05, 4.69) is 16.4 Å². The number of rotatable bonds is 5. The van der Waals surface area contributed by atoms with Crippen molar-refractivity contribution < 1.29 is 9.53 Å². The first kappa shape index (κ1) is 16.3. The van der Waals surface area contributed by atoms with Crippen LogP contribution in [0.3, 0.4) is 0 Å². The summed E-state index contributed by atoms with van der Waals surface area (Å²) in [4.78, 5) is 16.6. The van der Waals surface area contributed by atoms with Crippen molar-refractivity contribution in [2.24, 2.45) is 0 Å². The molecule has 26 heavy (non-hydrogen) atoms. The molecule has 5 heteroatoms. The number of hydrogen-bond acceptors (Lipinski definition) is 5. The van der Waals surface area contributed by atoms with Crippen LogP contribution < -0.4 is 10.1 Å². The van der Waals surface area contributed by atoms with Crippen molar-refractivity contribution in [1.29, 1.82) is 0 Å². The maximum atomic E-state index is 12.0. The summed E-state index contributed by atoms with van der Waals surface area (Å²) < 4.78 is 6.46. The van der Waals surface area contributed by atoms with E-state index >= 15 is 0 Å². The topological polar surface area (TPSA) is 51.2 Å². The number of esters is 1. The molecule has 0 saturated carbocycles. The van der Waals surface area contributed by atoms with Crippen LogP contribution >= 0.6 is 11.3 Å². The molecule has 1 N–H and O–H groups in total. The molecule has 0 saturated heterocycles. The summed E-state index contributed by atoms with van der Waals surface area (Å²) in [6.07, 6.45) is 0.232. The fourth-order valence-corrected chi connectivity index (χ4v) is 3.46. The van der Waals surface area contributed by atoms with Gasteiger partial charge in [0.2, 0.25) is 0 Å². The van der Waals surface area contributed by atoms with Gasteiger partial charge in [-0.25, -0.2) is 4.98 Å². The highest BCUT2D eigenvalue weighted by atomic mass is 32.1. The fourth-order valence-electron chi connectivity index (χ4n) is 2.58. The van der Waals surface area contributed by atoms with Gasteiger partial charge in [-0.15, -0.1) is 0 Å². The number of anilines is 2. The highest BCUT2D eigenvalue weighted by Crippen LogP contribution is 2.28. The zero-order chi connectivity index (χ0) is 17.8. The second-order valence-electron chi connectivity index (χ2n) is 5.77. The second-order valence-corrected chi connectivity index (χ2v) is 6.80. The number of fused-ring (bicyclic) bond motifs is 1. The molecular formula is C21H16N2O2S. The summed E-state index contributed by atoms with van der Waals surface area (Å²) in [5, 5.41) is 4.15. The number of para-hydroxylation sites is 2. The molecule has 0 aliphatic carbocycles. The third-order valence-electron chi connectivity index (χ3n) is 3.82. The number of nitrogens with zero attached hydrogens (tertiary/aromatic N) is 1. The summed E-state index contributed by atoms with van der Waals surface area (Å²) in [6.45, 7) is 0. The lowest BCUT2D eigenvalue weighted by atomic mass is 10.1. The number of nitrogens with one attached hydrogen (secondary N) is 1. The van der Waals surface area contributed by atoms with Gasteiger partial charge in [-0.05, 0) is 42.0 Å². The molecule has 4 rings (SSSR count). The van der Waals surface area contributed by atoms with Gasteiger partial charge in [0.25, 0.3) is 0 Å². The van der Waals surface area contributed by atoms with E-state index in [1.165, 1.54) is 0 Å². The Morgan fingerprint density at radius 2 is 1.65 bits per heavy atom.